The Hall–Kier alpha value is -1.96. The van der Waals surface area contributed by atoms with Crippen LogP contribution < -0.4 is 14.8 Å². The Kier molecular flexibility index (Phi) is 6.26. The third-order valence-electron chi connectivity index (χ3n) is 2.69. The van der Waals surface area contributed by atoms with Gasteiger partial charge in [0.2, 0.25) is 0 Å². The summed E-state index contributed by atoms with van der Waals surface area (Å²) in [6.07, 6.45) is -0.842. The van der Waals surface area contributed by atoms with E-state index in [2.05, 4.69) is 21.2 Å². The average Bonchev–Trinajstić information content (AvgIpc) is 2.41. The monoisotopic (exact) mass is 389 g/mol. The van der Waals surface area contributed by atoms with Gasteiger partial charge in [0.05, 0.1) is 14.2 Å². The molecule has 0 heterocycles. The first kappa shape index (κ1) is 19.1. The van der Waals surface area contributed by atoms with E-state index in [1.165, 1.54) is 20.3 Å². The number of carboxylic acids is 1. The third-order valence-corrected chi connectivity index (χ3v) is 3.15. The van der Waals surface area contributed by atoms with E-state index in [9.17, 15) is 14.7 Å². The summed E-state index contributed by atoms with van der Waals surface area (Å²) >= 11 is 3.28. The van der Waals surface area contributed by atoms with Crippen LogP contribution in [0.1, 0.15) is 32.4 Å². The van der Waals surface area contributed by atoms with Gasteiger partial charge >= 0.3 is 12.1 Å². The molecule has 2 N–H and O–H groups in total. The quantitative estimate of drug-likeness (QED) is 0.803. The second kappa shape index (κ2) is 7.54. The maximum absolute atomic E-state index is 11.9. The predicted molar refractivity (Wildman–Crippen MR) is 87.0 cm³/mol. The molecule has 0 aromatic heterocycles. The first-order valence-corrected chi connectivity index (χ1v) is 7.52. The number of rotatable bonds is 5. The fourth-order valence-corrected chi connectivity index (χ4v) is 2.33. The summed E-state index contributed by atoms with van der Waals surface area (Å²) in [6, 6.07) is 1.82. The van der Waals surface area contributed by atoms with E-state index in [-0.39, 0.29) is 11.3 Å². The van der Waals surface area contributed by atoms with Gasteiger partial charge in [0.1, 0.15) is 5.60 Å². The molecule has 1 aromatic rings. The Morgan fingerprint density at radius 3 is 2.26 bits per heavy atom. The zero-order valence-corrected chi connectivity index (χ0v) is 15.2. The molecular formula is C15H20BrNO6. The van der Waals surface area contributed by atoms with Gasteiger partial charge in [-0.2, -0.15) is 0 Å². The number of carbonyl (C=O) groups is 2. The Balaban J connectivity index is 3.23. The first-order chi connectivity index (χ1) is 10.6. The molecule has 0 radical (unpaired) electrons. The van der Waals surface area contributed by atoms with E-state index in [1.54, 1.807) is 26.8 Å². The summed E-state index contributed by atoms with van der Waals surface area (Å²) in [5.41, 5.74) is -0.510. The van der Waals surface area contributed by atoms with Crippen molar-refractivity contribution in [3.05, 3.63) is 22.2 Å². The summed E-state index contributed by atoms with van der Waals surface area (Å²) in [5, 5.41) is 11.8. The molecule has 7 nitrogen and oxygen atoms in total. The maximum Gasteiger partial charge on any atom is 0.408 e. The number of ether oxygens (including phenoxy) is 3. The van der Waals surface area contributed by atoms with Crippen molar-refractivity contribution in [2.45, 2.75) is 32.4 Å². The summed E-state index contributed by atoms with van der Waals surface area (Å²) in [5.74, 6) is -0.692. The van der Waals surface area contributed by atoms with Crippen LogP contribution in [0.4, 0.5) is 4.79 Å². The van der Waals surface area contributed by atoms with Crippen molar-refractivity contribution in [2.75, 3.05) is 14.2 Å². The molecule has 0 bridgehead atoms. The van der Waals surface area contributed by atoms with Crippen molar-refractivity contribution in [3.8, 4) is 11.5 Å². The van der Waals surface area contributed by atoms with Crippen LogP contribution in [0.15, 0.2) is 16.6 Å². The van der Waals surface area contributed by atoms with Gasteiger partial charge in [-0.15, -0.1) is 0 Å². The van der Waals surface area contributed by atoms with E-state index in [0.29, 0.717) is 10.2 Å². The molecular weight excluding hydrogens is 370 g/mol. The van der Waals surface area contributed by atoms with E-state index >= 15 is 0 Å². The molecule has 0 aliphatic rings. The Labute approximate surface area is 143 Å². The van der Waals surface area contributed by atoms with Crippen molar-refractivity contribution in [1.82, 2.24) is 5.32 Å². The van der Waals surface area contributed by atoms with Gasteiger partial charge in [-0.05, 0) is 32.9 Å². The predicted octanol–water partition coefficient (Wildman–Crippen LogP) is 3.12. The van der Waals surface area contributed by atoms with Gasteiger partial charge in [-0.3, -0.25) is 0 Å². The van der Waals surface area contributed by atoms with Crippen LogP contribution in [0.5, 0.6) is 11.5 Å². The van der Waals surface area contributed by atoms with Gasteiger partial charge in [0.15, 0.2) is 17.5 Å². The SMILES string of the molecule is COc1cc(Br)cc([C@H](NC(=O)OC(C)(C)C)C(=O)O)c1OC. The number of nitrogens with one attached hydrogen (secondary N) is 1. The highest BCUT2D eigenvalue weighted by Crippen LogP contribution is 2.38. The van der Waals surface area contributed by atoms with Crippen molar-refractivity contribution >= 4 is 28.0 Å². The van der Waals surface area contributed by atoms with Crippen LogP contribution >= 0.6 is 15.9 Å². The van der Waals surface area contributed by atoms with Gasteiger partial charge in [-0.1, -0.05) is 15.9 Å². The molecule has 1 rings (SSSR count). The lowest BCUT2D eigenvalue weighted by Crippen LogP contribution is -2.38. The molecule has 1 amide bonds. The number of amides is 1. The molecule has 0 saturated carbocycles. The zero-order chi connectivity index (χ0) is 17.8. The first-order valence-electron chi connectivity index (χ1n) is 6.72. The molecule has 0 aliphatic carbocycles. The number of halogens is 1. The van der Waals surface area contributed by atoms with E-state index < -0.39 is 23.7 Å². The van der Waals surface area contributed by atoms with Crippen LogP contribution in [0.2, 0.25) is 0 Å². The highest BCUT2D eigenvalue weighted by atomic mass is 79.9. The van der Waals surface area contributed by atoms with Gasteiger partial charge in [0.25, 0.3) is 0 Å². The van der Waals surface area contributed by atoms with E-state index in [0.717, 1.165) is 0 Å². The Bertz CT molecular complexity index is 596. The lowest BCUT2D eigenvalue weighted by atomic mass is 10.1. The van der Waals surface area contributed by atoms with Crippen LogP contribution in [-0.2, 0) is 9.53 Å². The highest BCUT2D eigenvalue weighted by Gasteiger charge is 2.29. The number of hydrogen-bond acceptors (Lipinski definition) is 5. The lowest BCUT2D eigenvalue weighted by molar-refractivity contribution is -0.139. The average molecular weight is 390 g/mol. The summed E-state index contributed by atoms with van der Waals surface area (Å²) in [4.78, 5) is 23.5. The van der Waals surface area contributed by atoms with Crippen LogP contribution in [0, 0.1) is 0 Å². The molecule has 0 unspecified atom stereocenters. The number of carbonyl (C=O) groups excluding carboxylic acids is 1. The number of carboxylic acid groups (broad SMARTS) is 1. The molecule has 1 aromatic carbocycles. The Morgan fingerprint density at radius 1 is 1.22 bits per heavy atom. The van der Waals surface area contributed by atoms with Crippen molar-refractivity contribution < 1.29 is 28.9 Å². The molecule has 0 spiro atoms. The molecule has 0 aliphatic heterocycles. The van der Waals surface area contributed by atoms with Crippen LogP contribution in [0.25, 0.3) is 0 Å². The molecule has 128 valence electrons. The fourth-order valence-electron chi connectivity index (χ4n) is 1.87. The molecule has 0 fully saturated rings. The maximum atomic E-state index is 11.9. The fraction of sp³-hybridized carbons (Fsp3) is 0.467. The van der Waals surface area contributed by atoms with Crippen molar-refractivity contribution in [1.29, 1.82) is 0 Å². The standard InChI is InChI=1S/C15H20BrNO6/c1-15(2,3)23-14(20)17-11(13(18)19)9-6-8(16)7-10(21-4)12(9)22-5/h6-7,11H,1-5H3,(H,17,20)(H,18,19)/t11-/m0/s1. The van der Waals surface area contributed by atoms with Crippen LogP contribution in [-0.4, -0.2) is 37.0 Å². The van der Waals surface area contributed by atoms with Gasteiger partial charge in [-0.25, -0.2) is 9.59 Å². The minimum atomic E-state index is -1.36. The molecule has 0 saturated heterocycles. The second-order valence-electron chi connectivity index (χ2n) is 5.65. The minimum absolute atomic E-state index is 0.221. The summed E-state index contributed by atoms with van der Waals surface area (Å²) < 4.78 is 16.1. The van der Waals surface area contributed by atoms with Crippen LogP contribution in [0.3, 0.4) is 0 Å². The summed E-state index contributed by atoms with van der Waals surface area (Å²) in [6.45, 7) is 5.06. The molecule has 1 atom stereocenters. The zero-order valence-electron chi connectivity index (χ0n) is 13.6. The highest BCUT2D eigenvalue weighted by molar-refractivity contribution is 9.10. The number of benzene rings is 1. The normalized spacial score (nSPS) is 12.3. The molecule has 23 heavy (non-hydrogen) atoms. The van der Waals surface area contributed by atoms with Gasteiger partial charge < -0.3 is 24.6 Å². The number of alkyl carbamates (subject to hydrolysis) is 1. The summed E-state index contributed by atoms with van der Waals surface area (Å²) in [7, 11) is 2.83. The number of methoxy groups -OCH3 is 2. The van der Waals surface area contributed by atoms with E-state index in [4.69, 9.17) is 14.2 Å². The topological polar surface area (TPSA) is 94.1 Å². The van der Waals surface area contributed by atoms with Crippen molar-refractivity contribution in [3.63, 3.8) is 0 Å². The largest absolute Gasteiger partial charge is 0.493 e. The second-order valence-corrected chi connectivity index (χ2v) is 6.56. The minimum Gasteiger partial charge on any atom is -0.493 e. The smallest absolute Gasteiger partial charge is 0.408 e. The van der Waals surface area contributed by atoms with Gasteiger partial charge in [0, 0.05) is 10.0 Å². The Morgan fingerprint density at radius 2 is 1.83 bits per heavy atom. The number of aliphatic carboxylic acids is 1. The third kappa shape index (κ3) is 5.31. The number of hydrogen-bond donors (Lipinski definition) is 2. The van der Waals surface area contributed by atoms with Crippen molar-refractivity contribution in [2.24, 2.45) is 0 Å². The molecule has 8 heteroatoms. The lowest BCUT2D eigenvalue weighted by Gasteiger charge is -2.23. The van der Waals surface area contributed by atoms with E-state index in [1.807, 2.05) is 0 Å².